The molecule has 1 aromatic heterocycles. The number of benzene rings is 1. The largest absolute Gasteiger partial charge is 0.337 e. The maximum Gasteiger partial charge on any atom is 0.253 e. The third kappa shape index (κ3) is 2.76. The summed E-state index contributed by atoms with van der Waals surface area (Å²) < 4.78 is 0. The monoisotopic (exact) mass is 303 g/mol. The molecule has 2 heterocycles. The lowest BCUT2D eigenvalue weighted by atomic mass is 10.1. The number of nitrogens with zero attached hydrogens (tertiary/aromatic N) is 1. The molecule has 1 amide bonds. The van der Waals surface area contributed by atoms with E-state index in [1.54, 1.807) is 11.3 Å². The second-order valence-electron chi connectivity index (χ2n) is 4.95. The SMILES string of the molecule is CS[C@H]1CCN(C(=O)c2ccc(-c3cccs3)cc2)C1. The predicted octanol–water partition coefficient (Wildman–Crippen LogP) is 3.99. The van der Waals surface area contributed by atoms with Crippen LogP contribution in [0.5, 0.6) is 0 Å². The molecular weight excluding hydrogens is 286 g/mol. The van der Waals surface area contributed by atoms with Gasteiger partial charge in [0.15, 0.2) is 0 Å². The smallest absolute Gasteiger partial charge is 0.253 e. The van der Waals surface area contributed by atoms with Crippen LogP contribution in [0.4, 0.5) is 0 Å². The van der Waals surface area contributed by atoms with Gasteiger partial charge in [0.1, 0.15) is 0 Å². The Bertz CT molecular complexity index is 577. The molecule has 0 aliphatic carbocycles. The van der Waals surface area contributed by atoms with E-state index in [0.717, 1.165) is 25.1 Å². The molecule has 1 aromatic carbocycles. The number of thiophene rings is 1. The lowest BCUT2D eigenvalue weighted by molar-refractivity contribution is 0.0793. The normalized spacial score (nSPS) is 18.4. The van der Waals surface area contributed by atoms with Crippen molar-refractivity contribution in [2.24, 2.45) is 0 Å². The molecular formula is C16H17NOS2. The summed E-state index contributed by atoms with van der Waals surface area (Å²) >= 11 is 3.58. The molecule has 1 aliphatic heterocycles. The van der Waals surface area contributed by atoms with E-state index in [4.69, 9.17) is 0 Å². The molecule has 1 saturated heterocycles. The van der Waals surface area contributed by atoms with Crippen molar-refractivity contribution in [1.82, 2.24) is 4.90 Å². The second-order valence-corrected chi connectivity index (χ2v) is 7.04. The number of likely N-dealkylation sites (tertiary alicyclic amines) is 1. The summed E-state index contributed by atoms with van der Waals surface area (Å²) in [7, 11) is 0. The van der Waals surface area contributed by atoms with Crippen molar-refractivity contribution in [3.63, 3.8) is 0 Å². The number of amides is 1. The van der Waals surface area contributed by atoms with Gasteiger partial charge in [-0.25, -0.2) is 0 Å². The van der Waals surface area contributed by atoms with Gasteiger partial charge in [-0.1, -0.05) is 18.2 Å². The van der Waals surface area contributed by atoms with Gasteiger partial charge >= 0.3 is 0 Å². The van der Waals surface area contributed by atoms with E-state index < -0.39 is 0 Å². The molecule has 0 radical (unpaired) electrons. The minimum Gasteiger partial charge on any atom is -0.337 e. The first-order chi connectivity index (χ1) is 9.78. The van der Waals surface area contributed by atoms with Gasteiger partial charge < -0.3 is 4.90 Å². The topological polar surface area (TPSA) is 20.3 Å². The van der Waals surface area contributed by atoms with Gasteiger partial charge in [0.2, 0.25) is 0 Å². The van der Waals surface area contributed by atoms with E-state index in [1.165, 1.54) is 10.4 Å². The highest BCUT2D eigenvalue weighted by atomic mass is 32.2. The third-order valence-corrected chi connectivity index (χ3v) is 5.67. The first kappa shape index (κ1) is 13.7. The van der Waals surface area contributed by atoms with Gasteiger partial charge in [0.25, 0.3) is 5.91 Å². The fourth-order valence-corrected chi connectivity index (χ4v) is 3.91. The molecule has 0 N–H and O–H groups in total. The Balaban J connectivity index is 1.73. The Morgan fingerprint density at radius 1 is 1.30 bits per heavy atom. The molecule has 1 aliphatic rings. The molecule has 0 spiro atoms. The van der Waals surface area contributed by atoms with Crippen molar-refractivity contribution < 1.29 is 4.79 Å². The van der Waals surface area contributed by atoms with Crippen LogP contribution in [0.3, 0.4) is 0 Å². The number of carbonyl (C=O) groups is 1. The van der Waals surface area contributed by atoms with Crippen LogP contribution < -0.4 is 0 Å². The van der Waals surface area contributed by atoms with Gasteiger partial charge in [-0.05, 0) is 41.8 Å². The first-order valence-corrected chi connectivity index (χ1v) is 8.90. The number of thioether (sulfide) groups is 1. The van der Waals surface area contributed by atoms with E-state index in [1.807, 2.05) is 47.0 Å². The summed E-state index contributed by atoms with van der Waals surface area (Å²) in [6.45, 7) is 1.77. The molecule has 0 unspecified atom stereocenters. The lowest BCUT2D eigenvalue weighted by Gasteiger charge is -2.16. The van der Waals surface area contributed by atoms with E-state index in [2.05, 4.69) is 17.7 Å². The van der Waals surface area contributed by atoms with Crippen LogP contribution >= 0.6 is 23.1 Å². The molecule has 3 rings (SSSR count). The molecule has 4 heteroatoms. The van der Waals surface area contributed by atoms with Crippen LogP contribution in [0.15, 0.2) is 41.8 Å². The van der Waals surface area contributed by atoms with Gasteiger partial charge in [0, 0.05) is 28.8 Å². The average molecular weight is 303 g/mol. The van der Waals surface area contributed by atoms with E-state index in [-0.39, 0.29) is 5.91 Å². The fourth-order valence-electron chi connectivity index (χ4n) is 2.51. The Morgan fingerprint density at radius 2 is 2.10 bits per heavy atom. The van der Waals surface area contributed by atoms with Crippen molar-refractivity contribution in [2.45, 2.75) is 11.7 Å². The van der Waals surface area contributed by atoms with Crippen molar-refractivity contribution in [3.05, 3.63) is 47.3 Å². The maximum absolute atomic E-state index is 12.4. The molecule has 0 saturated carbocycles. The van der Waals surface area contributed by atoms with Crippen LogP contribution in [0.1, 0.15) is 16.8 Å². The zero-order chi connectivity index (χ0) is 13.9. The van der Waals surface area contributed by atoms with Crippen molar-refractivity contribution in [1.29, 1.82) is 0 Å². The van der Waals surface area contributed by atoms with Gasteiger partial charge in [0.05, 0.1) is 0 Å². The molecule has 20 heavy (non-hydrogen) atoms. The third-order valence-electron chi connectivity index (χ3n) is 3.70. The van der Waals surface area contributed by atoms with E-state index >= 15 is 0 Å². The first-order valence-electron chi connectivity index (χ1n) is 6.74. The number of hydrogen-bond acceptors (Lipinski definition) is 3. The number of hydrogen-bond donors (Lipinski definition) is 0. The molecule has 1 fully saturated rings. The van der Waals surface area contributed by atoms with Crippen LogP contribution in [0.2, 0.25) is 0 Å². The summed E-state index contributed by atoms with van der Waals surface area (Å²) in [6, 6.07) is 12.1. The van der Waals surface area contributed by atoms with Gasteiger partial charge in [-0.15, -0.1) is 11.3 Å². The highest BCUT2D eigenvalue weighted by molar-refractivity contribution is 7.99. The van der Waals surface area contributed by atoms with Crippen LogP contribution in [-0.4, -0.2) is 35.4 Å². The molecule has 1 atom stereocenters. The summed E-state index contributed by atoms with van der Waals surface area (Å²) in [5.41, 5.74) is 1.98. The summed E-state index contributed by atoms with van der Waals surface area (Å²) in [6.07, 6.45) is 3.23. The Hall–Kier alpha value is -1.26. The van der Waals surface area contributed by atoms with E-state index in [9.17, 15) is 4.79 Å². The Labute approximate surface area is 127 Å². The van der Waals surface area contributed by atoms with E-state index in [0.29, 0.717) is 5.25 Å². The van der Waals surface area contributed by atoms with Crippen LogP contribution in [0.25, 0.3) is 10.4 Å². The minimum absolute atomic E-state index is 0.166. The zero-order valence-electron chi connectivity index (χ0n) is 11.4. The van der Waals surface area contributed by atoms with Crippen LogP contribution in [-0.2, 0) is 0 Å². The Morgan fingerprint density at radius 3 is 2.70 bits per heavy atom. The standard InChI is InChI=1S/C16H17NOS2/c1-19-14-8-9-17(11-14)16(18)13-6-4-12(5-7-13)15-3-2-10-20-15/h2-7,10,14H,8-9,11H2,1H3/t14-/m0/s1. The quantitative estimate of drug-likeness (QED) is 0.854. The molecule has 2 nitrogen and oxygen atoms in total. The summed E-state index contributed by atoms with van der Waals surface area (Å²) in [4.78, 5) is 15.6. The van der Waals surface area contributed by atoms with Crippen molar-refractivity contribution in [2.75, 3.05) is 19.3 Å². The molecule has 104 valence electrons. The molecule has 0 bridgehead atoms. The zero-order valence-corrected chi connectivity index (χ0v) is 13.0. The lowest BCUT2D eigenvalue weighted by Crippen LogP contribution is -2.28. The van der Waals surface area contributed by atoms with Crippen LogP contribution in [0, 0.1) is 0 Å². The minimum atomic E-state index is 0.166. The van der Waals surface area contributed by atoms with Gasteiger partial charge in [-0.2, -0.15) is 11.8 Å². The highest BCUT2D eigenvalue weighted by Crippen LogP contribution is 2.26. The van der Waals surface area contributed by atoms with Crippen molar-refractivity contribution in [3.8, 4) is 10.4 Å². The highest BCUT2D eigenvalue weighted by Gasteiger charge is 2.26. The number of carbonyl (C=O) groups excluding carboxylic acids is 1. The van der Waals surface area contributed by atoms with Crippen molar-refractivity contribution >= 4 is 29.0 Å². The average Bonchev–Trinajstić information content (AvgIpc) is 3.18. The second kappa shape index (κ2) is 6.02. The van der Waals surface area contributed by atoms with Gasteiger partial charge in [-0.3, -0.25) is 4.79 Å². The summed E-state index contributed by atoms with van der Waals surface area (Å²) in [5, 5.41) is 2.67. The summed E-state index contributed by atoms with van der Waals surface area (Å²) in [5.74, 6) is 0.166. The fraction of sp³-hybridized carbons (Fsp3) is 0.312. The molecule has 2 aromatic rings. The maximum atomic E-state index is 12.4. The Kier molecular flexibility index (Phi) is 4.13. The predicted molar refractivity (Wildman–Crippen MR) is 87.6 cm³/mol. The number of rotatable bonds is 3.